The van der Waals surface area contributed by atoms with Crippen LogP contribution in [0.2, 0.25) is 0 Å². The average Bonchev–Trinajstić information content (AvgIpc) is 3.09. The van der Waals surface area contributed by atoms with Crippen molar-refractivity contribution in [2.24, 2.45) is 4.99 Å². The van der Waals surface area contributed by atoms with Crippen molar-refractivity contribution in [1.82, 2.24) is 9.80 Å². The highest BCUT2D eigenvalue weighted by atomic mass is 32.2. The second kappa shape index (κ2) is 12.1. The van der Waals surface area contributed by atoms with Crippen LogP contribution in [-0.2, 0) is 25.2 Å². The predicted octanol–water partition coefficient (Wildman–Crippen LogP) is 4.88. The van der Waals surface area contributed by atoms with Gasteiger partial charge in [-0.2, -0.15) is 21.6 Å². The highest BCUT2D eigenvalue weighted by molar-refractivity contribution is 7.99. The Labute approximate surface area is 267 Å². The Bertz CT molecular complexity index is 1680. The standard InChI is InChI=1S/C29H33F5N4O6S2/c1-15-12-36(27(40)43-28(2,3)4)8-9-37(15)25-19-11-20(29(32,33)34)22(18-7-6-16(30)10-21(18)31)24-23(19)38(26(39)35-25)13-17(14-45-24)44-46(5,41)42/h6-7,10-11,15,17,26,39H,8-9,12-14H2,1-5H3/t15-,17-,26?/m0/s1. The summed E-state index contributed by atoms with van der Waals surface area (Å²) in [5.74, 6) is -2.39. The summed E-state index contributed by atoms with van der Waals surface area (Å²) in [7, 11) is -4.02. The second-order valence-corrected chi connectivity index (χ2v) is 14.9. The summed E-state index contributed by atoms with van der Waals surface area (Å²) in [6, 6.07) is 2.55. The fourth-order valence-electron chi connectivity index (χ4n) is 5.72. The molecule has 252 valence electrons. The number of thioether (sulfide) groups is 1. The fraction of sp³-hybridized carbons (Fsp3) is 0.517. The Morgan fingerprint density at radius 1 is 1.07 bits per heavy atom. The van der Waals surface area contributed by atoms with Gasteiger partial charge in [-0.05, 0) is 45.9 Å². The number of halogens is 5. The predicted molar refractivity (Wildman–Crippen MR) is 161 cm³/mol. The summed E-state index contributed by atoms with van der Waals surface area (Å²) in [6.07, 6.45) is -7.57. The number of amidine groups is 1. The lowest BCUT2D eigenvalue weighted by molar-refractivity contribution is -0.137. The van der Waals surface area contributed by atoms with E-state index >= 15 is 4.39 Å². The molecule has 3 heterocycles. The van der Waals surface area contributed by atoms with E-state index in [2.05, 4.69) is 4.99 Å². The summed E-state index contributed by atoms with van der Waals surface area (Å²) in [4.78, 5) is 21.4. The summed E-state index contributed by atoms with van der Waals surface area (Å²) in [5.41, 5.74) is -3.06. The number of aliphatic imine (C=N–C) groups is 1. The van der Waals surface area contributed by atoms with Gasteiger partial charge in [-0.1, -0.05) is 0 Å². The number of carbonyl (C=O) groups is 1. The SMILES string of the molecule is C[C@H]1CN(C(=O)OC(C)(C)C)CCN1C1=NC(O)N2C[C@H](OS(C)(=O)=O)CSc3c(-c4ccc(F)cc4F)c(C(F)(F)F)cc1c32. The maximum absolute atomic E-state index is 15.2. The van der Waals surface area contributed by atoms with Crippen molar-refractivity contribution >= 4 is 39.5 Å². The molecule has 0 bridgehead atoms. The van der Waals surface area contributed by atoms with Crippen molar-refractivity contribution in [3.8, 4) is 11.1 Å². The molecule has 0 saturated carbocycles. The number of aliphatic hydroxyl groups excluding tert-OH is 1. The molecule has 2 aromatic carbocycles. The van der Waals surface area contributed by atoms with Crippen molar-refractivity contribution in [3.05, 3.63) is 47.0 Å². The van der Waals surface area contributed by atoms with Gasteiger partial charge in [-0.15, -0.1) is 11.8 Å². The Balaban J connectivity index is 1.67. The molecule has 1 unspecified atom stereocenters. The third-order valence-electron chi connectivity index (χ3n) is 7.48. The number of nitrogens with zero attached hydrogens (tertiary/aromatic N) is 4. The van der Waals surface area contributed by atoms with Crippen LogP contribution in [0.4, 0.5) is 32.4 Å². The quantitative estimate of drug-likeness (QED) is 0.355. The number of alkyl halides is 3. The summed E-state index contributed by atoms with van der Waals surface area (Å²) in [5, 5.41) is 11.3. The number of benzene rings is 2. The molecule has 1 saturated heterocycles. The zero-order valence-corrected chi connectivity index (χ0v) is 27.2. The smallest absolute Gasteiger partial charge is 0.417 e. The summed E-state index contributed by atoms with van der Waals surface area (Å²) >= 11 is 0.806. The topological polar surface area (TPSA) is 112 Å². The van der Waals surface area contributed by atoms with Gasteiger partial charge in [-0.25, -0.2) is 18.6 Å². The third-order valence-corrected chi connectivity index (χ3v) is 9.33. The molecule has 1 amide bonds. The number of carbonyl (C=O) groups excluding carboxylic acids is 1. The zero-order valence-electron chi connectivity index (χ0n) is 25.6. The molecule has 0 spiro atoms. The Hall–Kier alpha value is -3.15. The van der Waals surface area contributed by atoms with E-state index in [1.54, 1.807) is 32.6 Å². The molecule has 10 nitrogen and oxygen atoms in total. The highest BCUT2D eigenvalue weighted by Crippen LogP contribution is 2.52. The largest absolute Gasteiger partial charge is 0.444 e. The minimum Gasteiger partial charge on any atom is -0.444 e. The summed E-state index contributed by atoms with van der Waals surface area (Å²) < 4.78 is 108. The lowest BCUT2D eigenvalue weighted by Crippen LogP contribution is -2.57. The minimum atomic E-state index is -5.02. The molecule has 3 aliphatic rings. The number of piperazine rings is 1. The van der Waals surface area contributed by atoms with Crippen molar-refractivity contribution in [1.29, 1.82) is 0 Å². The number of aliphatic hydroxyl groups is 1. The molecular weight excluding hydrogens is 659 g/mol. The Morgan fingerprint density at radius 3 is 2.35 bits per heavy atom. The number of amides is 1. The van der Waals surface area contributed by atoms with Crippen LogP contribution in [-0.4, -0.2) is 97.5 Å². The van der Waals surface area contributed by atoms with E-state index in [9.17, 15) is 35.9 Å². The van der Waals surface area contributed by atoms with Crippen molar-refractivity contribution < 1.29 is 49.2 Å². The van der Waals surface area contributed by atoms with Crippen LogP contribution in [0.25, 0.3) is 11.1 Å². The first-order valence-corrected chi connectivity index (χ1v) is 17.1. The number of ether oxygens (including phenoxy) is 1. The number of anilines is 1. The first-order valence-electron chi connectivity index (χ1n) is 14.3. The van der Waals surface area contributed by atoms with Crippen LogP contribution < -0.4 is 4.90 Å². The molecule has 3 aliphatic heterocycles. The Kier molecular flexibility index (Phi) is 9.02. The van der Waals surface area contributed by atoms with Gasteiger partial charge in [0.2, 0.25) is 6.35 Å². The second-order valence-electron chi connectivity index (χ2n) is 12.3. The minimum absolute atomic E-state index is 0.0102. The van der Waals surface area contributed by atoms with Crippen LogP contribution in [0.5, 0.6) is 0 Å². The van der Waals surface area contributed by atoms with Crippen LogP contribution >= 0.6 is 11.8 Å². The first kappa shape index (κ1) is 34.2. The van der Waals surface area contributed by atoms with Gasteiger partial charge in [-0.3, -0.25) is 4.18 Å². The molecule has 17 heteroatoms. The van der Waals surface area contributed by atoms with Crippen LogP contribution in [0.3, 0.4) is 0 Å². The molecule has 0 aliphatic carbocycles. The number of hydrogen-bond donors (Lipinski definition) is 1. The van der Waals surface area contributed by atoms with Gasteiger partial charge < -0.3 is 24.5 Å². The lowest BCUT2D eigenvalue weighted by Gasteiger charge is -2.45. The molecular formula is C29H33F5N4O6S2. The van der Waals surface area contributed by atoms with Gasteiger partial charge in [0.05, 0.1) is 24.1 Å². The number of rotatable bonds is 3. The molecule has 46 heavy (non-hydrogen) atoms. The van der Waals surface area contributed by atoms with Crippen LogP contribution in [0.1, 0.15) is 38.8 Å². The zero-order chi connectivity index (χ0) is 33.9. The van der Waals surface area contributed by atoms with E-state index in [4.69, 9.17) is 8.92 Å². The van der Waals surface area contributed by atoms with Crippen molar-refractivity contribution in [2.75, 3.05) is 43.1 Å². The summed E-state index contributed by atoms with van der Waals surface area (Å²) in [6.45, 7) is 7.05. The van der Waals surface area contributed by atoms with Gasteiger partial charge in [0.15, 0.2) is 0 Å². The van der Waals surface area contributed by atoms with E-state index in [0.717, 1.165) is 36.2 Å². The van der Waals surface area contributed by atoms with Crippen molar-refractivity contribution in [2.45, 2.75) is 62.9 Å². The molecule has 0 aromatic heterocycles. The molecule has 3 atom stereocenters. The lowest BCUT2D eigenvalue weighted by atomic mass is 9.92. The van der Waals surface area contributed by atoms with E-state index < -0.39 is 74.8 Å². The third kappa shape index (κ3) is 7.06. The van der Waals surface area contributed by atoms with Crippen LogP contribution in [0.15, 0.2) is 34.2 Å². The molecule has 2 aromatic rings. The fourth-order valence-corrected chi connectivity index (χ4v) is 7.69. The molecule has 0 radical (unpaired) electrons. The Morgan fingerprint density at radius 2 is 1.76 bits per heavy atom. The maximum atomic E-state index is 15.2. The number of hydrogen-bond acceptors (Lipinski definition) is 10. The van der Waals surface area contributed by atoms with Gasteiger partial charge in [0, 0.05) is 59.1 Å². The van der Waals surface area contributed by atoms with Crippen LogP contribution in [0, 0.1) is 11.6 Å². The monoisotopic (exact) mass is 692 g/mol. The normalized spacial score (nSPS) is 22.3. The average molecular weight is 693 g/mol. The molecule has 5 rings (SSSR count). The van der Waals surface area contributed by atoms with E-state index in [0.29, 0.717) is 6.07 Å². The van der Waals surface area contributed by atoms with Gasteiger partial charge in [0.25, 0.3) is 10.1 Å². The molecule has 1 fully saturated rings. The van der Waals surface area contributed by atoms with E-state index in [1.165, 1.54) is 9.80 Å². The molecule has 1 N–H and O–H groups in total. The van der Waals surface area contributed by atoms with Gasteiger partial charge >= 0.3 is 12.3 Å². The van der Waals surface area contributed by atoms with Crippen molar-refractivity contribution in [3.63, 3.8) is 0 Å². The first-order chi connectivity index (χ1) is 21.2. The highest BCUT2D eigenvalue weighted by Gasteiger charge is 2.44. The maximum Gasteiger partial charge on any atom is 0.417 e. The van der Waals surface area contributed by atoms with Gasteiger partial charge in [0.1, 0.15) is 29.2 Å². The van der Waals surface area contributed by atoms with E-state index in [1.807, 2.05) is 0 Å². The van der Waals surface area contributed by atoms with E-state index in [-0.39, 0.29) is 53.9 Å².